The molecular weight excluding hydrogens is 267 g/mol. The molecule has 1 fully saturated rings. The molecule has 2 nitrogen and oxygen atoms in total. The van der Waals surface area contributed by atoms with Crippen molar-refractivity contribution in [2.45, 2.75) is 32.6 Å². The molecule has 2 rings (SSSR count). The molecule has 1 heterocycles. The summed E-state index contributed by atoms with van der Waals surface area (Å²) in [6, 6.07) is 1.86. The van der Waals surface area contributed by atoms with Gasteiger partial charge in [-0.3, -0.25) is 4.79 Å². The predicted octanol–water partition coefficient (Wildman–Crippen LogP) is 3.46. The first-order chi connectivity index (χ1) is 9.52. The number of benzene rings is 1. The van der Waals surface area contributed by atoms with Gasteiger partial charge in [0.15, 0.2) is 23.2 Å². The van der Waals surface area contributed by atoms with E-state index in [0.717, 1.165) is 18.6 Å². The Morgan fingerprint density at radius 3 is 2.45 bits per heavy atom. The number of halogens is 3. The van der Waals surface area contributed by atoms with Crippen LogP contribution in [0, 0.1) is 22.9 Å². The summed E-state index contributed by atoms with van der Waals surface area (Å²) in [6.07, 6.45) is 2.61. The maximum absolute atomic E-state index is 13.8. The quantitative estimate of drug-likeness (QED) is 0.678. The van der Waals surface area contributed by atoms with Crippen molar-refractivity contribution in [1.29, 1.82) is 0 Å². The molecule has 0 amide bonds. The van der Waals surface area contributed by atoms with Gasteiger partial charge in [-0.05, 0) is 44.5 Å². The van der Waals surface area contributed by atoms with Crippen LogP contribution in [0.4, 0.5) is 13.2 Å². The van der Waals surface area contributed by atoms with E-state index in [0.29, 0.717) is 32.4 Å². The van der Waals surface area contributed by atoms with E-state index in [1.165, 1.54) is 0 Å². The Kier molecular flexibility index (Phi) is 4.48. The molecule has 0 unspecified atom stereocenters. The van der Waals surface area contributed by atoms with E-state index in [9.17, 15) is 18.0 Å². The van der Waals surface area contributed by atoms with Crippen molar-refractivity contribution in [2.24, 2.45) is 5.41 Å². The first kappa shape index (κ1) is 15.0. The van der Waals surface area contributed by atoms with E-state index >= 15 is 0 Å². The molecular formula is C15H18F3NO. The van der Waals surface area contributed by atoms with Crippen LogP contribution in [-0.4, -0.2) is 18.9 Å². The smallest absolute Gasteiger partial charge is 0.195 e. The van der Waals surface area contributed by atoms with Gasteiger partial charge in [-0.25, -0.2) is 13.2 Å². The van der Waals surface area contributed by atoms with Crippen LogP contribution in [0.2, 0.25) is 0 Å². The van der Waals surface area contributed by atoms with Crippen molar-refractivity contribution in [3.8, 4) is 0 Å². The van der Waals surface area contributed by atoms with Crippen LogP contribution < -0.4 is 5.32 Å². The fourth-order valence-corrected chi connectivity index (χ4v) is 2.96. The van der Waals surface area contributed by atoms with Gasteiger partial charge < -0.3 is 5.32 Å². The summed E-state index contributed by atoms with van der Waals surface area (Å²) in [5.74, 6) is -4.62. The Morgan fingerprint density at radius 1 is 1.20 bits per heavy atom. The van der Waals surface area contributed by atoms with Gasteiger partial charge in [-0.2, -0.15) is 0 Å². The molecule has 0 atom stereocenters. The summed E-state index contributed by atoms with van der Waals surface area (Å²) in [4.78, 5) is 12.6. The average Bonchev–Trinajstić information content (AvgIpc) is 2.46. The minimum absolute atomic E-state index is 0.334. The topological polar surface area (TPSA) is 29.1 Å². The van der Waals surface area contributed by atoms with E-state index in [2.05, 4.69) is 5.32 Å². The molecule has 0 aromatic heterocycles. The van der Waals surface area contributed by atoms with Gasteiger partial charge in [0.2, 0.25) is 0 Å². The summed E-state index contributed by atoms with van der Waals surface area (Å²) < 4.78 is 40.1. The molecule has 1 aliphatic rings. The van der Waals surface area contributed by atoms with Crippen molar-refractivity contribution >= 4 is 5.78 Å². The minimum Gasteiger partial charge on any atom is -0.317 e. The van der Waals surface area contributed by atoms with Crippen molar-refractivity contribution in [1.82, 2.24) is 5.32 Å². The molecule has 1 aromatic carbocycles. The number of rotatable bonds is 4. The second-order valence-corrected chi connectivity index (χ2v) is 5.33. The van der Waals surface area contributed by atoms with Gasteiger partial charge in [0.25, 0.3) is 0 Å². The lowest BCUT2D eigenvalue weighted by Crippen LogP contribution is -2.42. The third kappa shape index (κ3) is 2.59. The number of nitrogens with one attached hydrogen (secondary N) is 1. The molecule has 110 valence electrons. The number of carbonyl (C=O) groups excluding carboxylic acids is 1. The predicted molar refractivity (Wildman–Crippen MR) is 70.1 cm³/mol. The van der Waals surface area contributed by atoms with Crippen LogP contribution in [0.25, 0.3) is 0 Å². The second kappa shape index (κ2) is 5.95. The third-order valence-corrected chi connectivity index (χ3v) is 4.05. The zero-order valence-electron chi connectivity index (χ0n) is 11.4. The van der Waals surface area contributed by atoms with Gasteiger partial charge in [-0.15, -0.1) is 0 Å². The Bertz CT molecular complexity index is 505. The molecule has 0 bridgehead atoms. The molecule has 1 N–H and O–H groups in total. The van der Waals surface area contributed by atoms with Gasteiger partial charge in [0, 0.05) is 5.41 Å². The van der Waals surface area contributed by atoms with Crippen molar-refractivity contribution in [3.05, 3.63) is 35.1 Å². The van der Waals surface area contributed by atoms with Gasteiger partial charge in [-0.1, -0.05) is 13.3 Å². The van der Waals surface area contributed by atoms with Crippen LogP contribution in [0.3, 0.4) is 0 Å². The number of piperidine rings is 1. The number of Topliss-reactive ketones (excluding diaryl/α,β-unsaturated/α-hetero) is 1. The molecule has 5 heteroatoms. The Hall–Kier alpha value is -1.36. The molecule has 1 saturated heterocycles. The molecule has 1 aliphatic heterocycles. The molecule has 0 aliphatic carbocycles. The molecule has 20 heavy (non-hydrogen) atoms. The van der Waals surface area contributed by atoms with E-state index in [1.807, 2.05) is 6.92 Å². The summed E-state index contributed by atoms with van der Waals surface area (Å²) in [6.45, 7) is 3.31. The van der Waals surface area contributed by atoms with Crippen molar-refractivity contribution in [2.75, 3.05) is 13.1 Å². The van der Waals surface area contributed by atoms with Gasteiger partial charge in [0.1, 0.15) is 0 Å². The lowest BCUT2D eigenvalue weighted by Gasteiger charge is -2.36. The number of carbonyl (C=O) groups is 1. The maximum Gasteiger partial charge on any atom is 0.195 e. The highest BCUT2D eigenvalue weighted by Crippen LogP contribution is 2.38. The monoisotopic (exact) mass is 285 g/mol. The highest BCUT2D eigenvalue weighted by atomic mass is 19.2. The number of hydrogen-bond donors (Lipinski definition) is 1. The van der Waals surface area contributed by atoms with Crippen LogP contribution in [0.15, 0.2) is 12.1 Å². The Morgan fingerprint density at radius 2 is 1.85 bits per heavy atom. The standard InChI is InChI=1S/C15H18F3NO/c1-2-5-15(6-8-19-9-7-15)14(20)10-3-4-11(16)13(18)12(10)17/h3-4,19H,2,5-9H2,1H3. The van der Waals surface area contributed by atoms with E-state index in [4.69, 9.17) is 0 Å². The first-order valence-electron chi connectivity index (χ1n) is 6.91. The zero-order chi connectivity index (χ0) is 14.8. The van der Waals surface area contributed by atoms with E-state index in [1.54, 1.807) is 0 Å². The third-order valence-electron chi connectivity index (χ3n) is 4.05. The van der Waals surface area contributed by atoms with Crippen LogP contribution in [0.5, 0.6) is 0 Å². The lowest BCUT2D eigenvalue weighted by atomic mass is 9.70. The maximum atomic E-state index is 13.8. The van der Waals surface area contributed by atoms with Crippen molar-refractivity contribution in [3.63, 3.8) is 0 Å². The van der Waals surface area contributed by atoms with Crippen LogP contribution in [-0.2, 0) is 0 Å². The molecule has 1 aromatic rings. The summed E-state index contributed by atoms with van der Waals surface area (Å²) in [7, 11) is 0. The molecule has 0 spiro atoms. The minimum atomic E-state index is -1.57. The van der Waals surface area contributed by atoms with Gasteiger partial charge >= 0.3 is 0 Å². The van der Waals surface area contributed by atoms with Gasteiger partial charge in [0.05, 0.1) is 5.56 Å². The van der Waals surface area contributed by atoms with Crippen LogP contribution >= 0.6 is 0 Å². The Labute approximate surface area is 116 Å². The van der Waals surface area contributed by atoms with Crippen molar-refractivity contribution < 1.29 is 18.0 Å². The lowest BCUT2D eigenvalue weighted by molar-refractivity contribution is 0.0698. The summed E-state index contributed by atoms with van der Waals surface area (Å²) in [5, 5.41) is 3.16. The Balaban J connectivity index is 2.40. The SMILES string of the molecule is CCCC1(C(=O)c2ccc(F)c(F)c2F)CCNCC1. The van der Waals surface area contributed by atoms with Crippen LogP contribution in [0.1, 0.15) is 43.0 Å². The highest BCUT2D eigenvalue weighted by molar-refractivity contribution is 6.00. The average molecular weight is 285 g/mol. The second-order valence-electron chi connectivity index (χ2n) is 5.33. The first-order valence-corrected chi connectivity index (χ1v) is 6.91. The van der Waals surface area contributed by atoms with E-state index < -0.39 is 28.6 Å². The highest BCUT2D eigenvalue weighted by Gasteiger charge is 2.40. The number of ketones is 1. The normalized spacial score (nSPS) is 18.0. The fourth-order valence-electron chi connectivity index (χ4n) is 2.96. The summed E-state index contributed by atoms with van der Waals surface area (Å²) in [5.41, 5.74) is -0.996. The summed E-state index contributed by atoms with van der Waals surface area (Å²) >= 11 is 0. The number of hydrogen-bond acceptors (Lipinski definition) is 2. The zero-order valence-corrected chi connectivity index (χ0v) is 11.4. The fraction of sp³-hybridized carbons (Fsp3) is 0.533. The van der Waals surface area contributed by atoms with E-state index in [-0.39, 0.29) is 5.56 Å². The largest absolute Gasteiger partial charge is 0.317 e. The molecule has 0 saturated carbocycles. The molecule has 0 radical (unpaired) electrons.